The van der Waals surface area contributed by atoms with Crippen molar-refractivity contribution in [3.05, 3.63) is 30.3 Å². The van der Waals surface area contributed by atoms with Gasteiger partial charge >= 0.3 is 0 Å². The lowest BCUT2D eigenvalue weighted by Crippen LogP contribution is -2.39. The Labute approximate surface area is 116 Å². The van der Waals surface area contributed by atoms with E-state index in [1.54, 1.807) is 4.90 Å². The number of hydrogen-bond acceptors (Lipinski definition) is 2. The van der Waals surface area contributed by atoms with Gasteiger partial charge in [-0.2, -0.15) is 0 Å². The molecule has 0 saturated heterocycles. The maximum Gasteiger partial charge on any atom is 0.260 e. The third-order valence-corrected chi connectivity index (χ3v) is 3.99. The minimum atomic E-state index is 0.0388. The molecule has 2 rings (SSSR count). The summed E-state index contributed by atoms with van der Waals surface area (Å²) in [5.41, 5.74) is 0. The van der Waals surface area contributed by atoms with E-state index in [4.69, 9.17) is 4.74 Å². The van der Waals surface area contributed by atoms with Crippen LogP contribution in [-0.2, 0) is 4.79 Å². The minimum Gasteiger partial charge on any atom is -0.484 e. The SMILES string of the molecule is CN(CC1CC(Br)C1)C(=O)COc1ccccc1. The second kappa shape index (κ2) is 6.23. The van der Waals surface area contributed by atoms with Gasteiger partial charge in [-0.15, -0.1) is 0 Å². The molecule has 1 saturated carbocycles. The highest BCUT2D eigenvalue weighted by Crippen LogP contribution is 2.33. The molecule has 3 nitrogen and oxygen atoms in total. The van der Waals surface area contributed by atoms with Gasteiger partial charge in [-0.3, -0.25) is 4.79 Å². The summed E-state index contributed by atoms with van der Waals surface area (Å²) in [7, 11) is 1.85. The zero-order valence-corrected chi connectivity index (χ0v) is 12.1. The summed E-state index contributed by atoms with van der Waals surface area (Å²) in [4.78, 5) is 14.3. The fourth-order valence-corrected chi connectivity index (χ4v) is 3.12. The molecule has 0 heterocycles. The van der Waals surface area contributed by atoms with Crippen LogP contribution in [0, 0.1) is 5.92 Å². The van der Waals surface area contributed by atoms with E-state index in [0.29, 0.717) is 10.7 Å². The molecule has 1 aromatic carbocycles. The second-order valence-electron chi connectivity index (χ2n) is 4.81. The number of amides is 1. The lowest BCUT2D eigenvalue weighted by Gasteiger charge is -2.34. The third-order valence-electron chi connectivity index (χ3n) is 3.24. The van der Waals surface area contributed by atoms with E-state index < -0.39 is 0 Å². The van der Waals surface area contributed by atoms with Crippen molar-refractivity contribution in [3.63, 3.8) is 0 Å². The lowest BCUT2D eigenvalue weighted by atomic mass is 9.85. The molecular weight excluding hydrogens is 294 g/mol. The van der Waals surface area contributed by atoms with Crippen molar-refractivity contribution in [1.82, 2.24) is 4.90 Å². The number of ether oxygens (including phenoxy) is 1. The number of hydrogen-bond donors (Lipinski definition) is 0. The number of likely N-dealkylation sites (N-methyl/N-ethyl adjacent to an activating group) is 1. The number of halogens is 1. The van der Waals surface area contributed by atoms with Gasteiger partial charge in [0, 0.05) is 18.4 Å². The van der Waals surface area contributed by atoms with E-state index in [1.807, 2.05) is 37.4 Å². The molecule has 0 unspecified atom stereocenters. The summed E-state index contributed by atoms with van der Waals surface area (Å²) in [6, 6.07) is 9.43. The molecule has 1 amide bonds. The zero-order valence-electron chi connectivity index (χ0n) is 10.5. The van der Waals surface area contributed by atoms with Crippen molar-refractivity contribution in [2.45, 2.75) is 17.7 Å². The molecular formula is C14H18BrNO2. The predicted octanol–water partition coefficient (Wildman–Crippen LogP) is 2.70. The van der Waals surface area contributed by atoms with Gasteiger partial charge < -0.3 is 9.64 Å². The second-order valence-corrected chi connectivity index (χ2v) is 6.11. The van der Waals surface area contributed by atoms with Crippen LogP contribution in [0.5, 0.6) is 5.75 Å². The van der Waals surface area contributed by atoms with Crippen LogP contribution >= 0.6 is 15.9 Å². The van der Waals surface area contributed by atoms with Crippen LogP contribution in [-0.4, -0.2) is 35.8 Å². The maximum absolute atomic E-state index is 11.9. The first-order valence-corrected chi connectivity index (χ1v) is 7.12. The van der Waals surface area contributed by atoms with Gasteiger partial charge in [0.1, 0.15) is 5.75 Å². The van der Waals surface area contributed by atoms with Crippen LogP contribution < -0.4 is 4.74 Å². The van der Waals surface area contributed by atoms with Crippen LogP contribution in [0.15, 0.2) is 30.3 Å². The molecule has 0 atom stereocenters. The predicted molar refractivity (Wildman–Crippen MR) is 75.0 cm³/mol. The highest BCUT2D eigenvalue weighted by Gasteiger charge is 2.28. The monoisotopic (exact) mass is 311 g/mol. The molecule has 98 valence electrons. The Morgan fingerprint density at radius 1 is 1.39 bits per heavy atom. The summed E-state index contributed by atoms with van der Waals surface area (Å²) in [5.74, 6) is 1.42. The Bertz CT molecular complexity index is 390. The Kier molecular flexibility index (Phi) is 4.64. The van der Waals surface area contributed by atoms with Gasteiger partial charge in [0.05, 0.1) is 0 Å². The largest absolute Gasteiger partial charge is 0.484 e. The average molecular weight is 312 g/mol. The number of benzene rings is 1. The first kappa shape index (κ1) is 13.4. The first-order valence-electron chi connectivity index (χ1n) is 6.21. The van der Waals surface area contributed by atoms with E-state index >= 15 is 0 Å². The Morgan fingerprint density at radius 3 is 2.67 bits per heavy atom. The van der Waals surface area contributed by atoms with Gasteiger partial charge in [0.25, 0.3) is 5.91 Å². The molecule has 0 N–H and O–H groups in total. The number of para-hydroxylation sites is 1. The highest BCUT2D eigenvalue weighted by atomic mass is 79.9. The van der Waals surface area contributed by atoms with Crippen LogP contribution in [0.2, 0.25) is 0 Å². The minimum absolute atomic E-state index is 0.0388. The summed E-state index contributed by atoms with van der Waals surface area (Å²) < 4.78 is 5.44. The molecule has 4 heteroatoms. The van der Waals surface area contributed by atoms with Crippen molar-refractivity contribution < 1.29 is 9.53 Å². The van der Waals surface area contributed by atoms with Gasteiger partial charge in [-0.1, -0.05) is 34.1 Å². The first-order chi connectivity index (χ1) is 8.65. The molecule has 1 aliphatic rings. The van der Waals surface area contributed by atoms with Crippen molar-refractivity contribution in [2.24, 2.45) is 5.92 Å². The number of rotatable bonds is 5. The number of carbonyl (C=O) groups excluding carboxylic acids is 1. The normalized spacial score (nSPS) is 22.1. The highest BCUT2D eigenvalue weighted by molar-refractivity contribution is 9.09. The topological polar surface area (TPSA) is 29.5 Å². The number of alkyl halides is 1. The van der Waals surface area contributed by atoms with Crippen LogP contribution in [0.4, 0.5) is 0 Å². The van der Waals surface area contributed by atoms with Crippen molar-refractivity contribution in [1.29, 1.82) is 0 Å². The molecule has 0 aromatic heterocycles. The van der Waals surface area contributed by atoms with Gasteiger partial charge in [0.2, 0.25) is 0 Å². The van der Waals surface area contributed by atoms with Crippen molar-refractivity contribution >= 4 is 21.8 Å². The fraction of sp³-hybridized carbons (Fsp3) is 0.500. The quantitative estimate of drug-likeness (QED) is 0.783. The number of nitrogens with zero attached hydrogens (tertiary/aromatic N) is 1. The van der Waals surface area contributed by atoms with E-state index in [9.17, 15) is 4.79 Å². The molecule has 1 aliphatic carbocycles. The molecule has 1 aromatic rings. The van der Waals surface area contributed by atoms with Gasteiger partial charge in [-0.05, 0) is 30.9 Å². The molecule has 18 heavy (non-hydrogen) atoms. The molecule has 0 bridgehead atoms. The van der Waals surface area contributed by atoms with Crippen LogP contribution in [0.25, 0.3) is 0 Å². The third kappa shape index (κ3) is 3.73. The van der Waals surface area contributed by atoms with E-state index in [1.165, 1.54) is 0 Å². The van der Waals surface area contributed by atoms with Crippen molar-refractivity contribution in [2.75, 3.05) is 20.2 Å². The Balaban J connectivity index is 1.71. The zero-order chi connectivity index (χ0) is 13.0. The lowest BCUT2D eigenvalue weighted by molar-refractivity contribution is -0.132. The summed E-state index contributed by atoms with van der Waals surface area (Å²) in [6.45, 7) is 0.948. The van der Waals surface area contributed by atoms with Crippen LogP contribution in [0.3, 0.4) is 0 Å². The Morgan fingerprint density at radius 2 is 2.06 bits per heavy atom. The molecule has 1 fully saturated rings. The standard InChI is InChI=1S/C14H18BrNO2/c1-16(9-11-7-12(15)8-11)14(17)10-18-13-5-3-2-4-6-13/h2-6,11-12H,7-10H2,1H3. The van der Waals surface area contributed by atoms with E-state index in [2.05, 4.69) is 15.9 Å². The molecule has 0 aliphatic heterocycles. The molecule has 0 spiro atoms. The number of carbonyl (C=O) groups is 1. The Hall–Kier alpha value is -1.03. The smallest absolute Gasteiger partial charge is 0.260 e. The fourth-order valence-electron chi connectivity index (χ4n) is 2.06. The van der Waals surface area contributed by atoms with Gasteiger partial charge in [-0.25, -0.2) is 0 Å². The molecule has 0 radical (unpaired) electrons. The van der Waals surface area contributed by atoms with Crippen molar-refractivity contribution in [3.8, 4) is 5.75 Å². The van der Waals surface area contributed by atoms with Gasteiger partial charge in [0.15, 0.2) is 6.61 Å². The summed E-state index contributed by atoms with van der Waals surface area (Å²) >= 11 is 3.56. The maximum atomic E-state index is 11.9. The van der Waals surface area contributed by atoms with E-state index in [-0.39, 0.29) is 12.5 Å². The van der Waals surface area contributed by atoms with Crippen LogP contribution in [0.1, 0.15) is 12.8 Å². The summed E-state index contributed by atoms with van der Waals surface area (Å²) in [5, 5.41) is 0. The van der Waals surface area contributed by atoms with E-state index in [0.717, 1.165) is 25.1 Å². The summed E-state index contributed by atoms with van der Waals surface area (Å²) in [6.07, 6.45) is 2.33. The average Bonchev–Trinajstić information content (AvgIpc) is 2.35.